The number of methoxy groups -OCH3 is 1. The molecule has 8 heteroatoms. The molecule has 3 aromatic rings. The molecule has 0 atom stereocenters. The Morgan fingerprint density at radius 3 is 2.55 bits per heavy atom. The smallest absolute Gasteiger partial charge is 0.266 e. The average molecular weight is 546 g/mol. The van der Waals surface area contributed by atoms with E-state index in [1.54, 1.807) is 30.3 Å². The van der Waals surface area contributed by atoms with Gasteiger partial charge in [-0.3, -0.25) is 4.79 Å². The second-order valence-corrected chi connectivity index (χ2v) is 8.79. The van der Waals surface area contributed by atoms with Gasteiger partial charge in [0.1, 0.15) is 18.2 Å². The summed E-state index contributed by atoms with van der Waals surface area (Å²) in [5, 5.41) is 13.0. The molecule has 0 aliphatic rings. The van der Waals surface area contributed by atoms with Crippen molar-refractivity contribution in [1.29, 1.82) is 5.26 Å². The first kappa shape index (κ1) is 24.7. The molecule has 0 saturated heterocycles. The van der Waals surface area contributed by atoms with Crippen molar-refractivity contribution in [2.45, 2.75) is 13.5 Å². The number of nitrogens with one attached hydrogen (secondary N) is 1. The first-order valence-electron chi connectivity index (χ1n) is 9.74. The summed E-state index contributed by atoms with van der Waals surface area (Å²) in [7, 11) is 1.49. The van der Waals surface area contributed by atoms with Gasteiger partial charge in [-0.15, -0.1) is 0 Å². The van der Waals surface area contributed by atoms with E-state index in [0.717, 1.165) is 15.6 Å². The maximum atomic E-state index is 12.7. The fraction of sp³-hybridized carbons (Fsp3) is 0.120. The molecule has 1 amide bonds. The third-order valence-corrected chi connectivity index (χ3v) is 5.72. The van der Waals surface area contributed by atoms with Crippen molar-refractivity contribution < 1.29 is 14.3 Å². The molecule has 0 heterocycles. The Bertz CT molecular complexity index is 1250. The highest BCUT2D eigenvalue weighted by molar-refractivity contribution is 9.10. The number of benzene rings is 3. The van der Waals surface area contributed by atoms with Gasteiger partial charge in [0, 0.05) is 15.2 Å². The minimum atomic E-state index is -0.562. The van der Waals surface area contributed by atoms with Crippen LogP contribution in [-0.4, -0.2) is 13.0 Å². The molecule has 5 nitrogen and oxygen atoms in total. The summed E-state index contributed by atoms with van der Waals surface area (Å²) in [4.78, 5) is 12.7. The van der Waals surface area contributed by atoms with Gasteiger partial charge in [-0.05, 0) is 66.1 Å². The van der Waals surface area contributed by atoms with E-state index < -0.39 is 5.91 Å². The Balaban J connectivity index is 1.83. The van der Waals surface area contributed by atoms with E-state index in [0.29, 0.717) is 39.4 Å². The summed E-state index contributed by atoms with van der Waals surface area (Å²) in [6.45, 7) is 2.13. The number of hydrogen-bond donors (Lipinski definition) is 1. The molecule has 0 aliphatic heterocycles. The quantitative estimate of drug-likeness (QED) is 0.252. The number of carbonyl (C=O) groups is 1. The number of halogens is 3. The van der Waals surface area contributed by atoms with E-state index >= 15 is 0 Å². The van der Waals surface area contributed by atoms with Crippen molar-refractivity contribution in [3.05, 3.63) is 91.4 Å². The molecule has 0 radical (unpaired) electrons. The molecule has 33 heavy (non-hydrogen) atoms. The van der Waals surface area contributed by atoms with Crippen molar-refractivity contribution in [2.24, 2.45) is 0 Å². The molecular formula is C25H19BrCl2N2O3. The normalized spacial score (nSPS) is 11.0. The predicted molar refractivity (Wildman–Crippen MR) is 135 cm³/mol. The van der Waals surface area contributed by atoms with E-state index in [1.165, 1.54) is 13.2 Å². The second kappa shape index (κ2) is 11.2. The molecule has 0 bridgehead atoms. The molecule has 0 aromatic heterocycles. The van der Waals surface area contributed by atoms with Crippen LogP contribution in [0.1, 0.15) is 16.7 Å². The summed E-state index contributed by atoms with van der Waals surface area (Å²) in [6.07, 6.45) is 1.43. The van der Waals surface area contributed by atoms with Gasteiger partial charge >= 0.3 is 0 Å². The molecule has 0 spiro atoms. The van der Waals surface area contributed by atoms with E-state index in [1.807, 2.05) is 37.3 Å². The summed E-state index contributed by atoms with van der Waals surface area (Å²) in [6, 6.07) is 18.0. The maximum absolute atomic E-state index is 12.7. The van der Waals surface area contributed by atoms with Crippen molar-refractivity contribution in [1.82, 2.24) is 0 Å². The van der Waals surface area contributed by atoms with Crippen LogP contribution in [0.3, 0.4) is 0 Å². The lowest BCUT2D eigenvalue weighted by Crippen LogP contribution is -2.14. The van der Waals surface area contributed by atoms with Crippen molar-refractivity contribution in [3.63, 3.8) is 0 Å². The van der Waals surface area contributed by atoms with Gasteiger partial charge in [-0.2, -0.15) is 5.26 Å². The molecule has 1 N–H and O–H groups in total. The number of aryl methyl sites for hydroxylation is 1. The standard InChI is InChI=1S/C25H19BrCl2N2O3/c1-15-3-8-20(27)12-22(15)30-25(31)18(13-29)9-17-10-21(28)24(23(11-17)32-2)33-14-16-4-6-19(26)7-5-16/h3-12H,14H2,1-2H3,(H,30,31)/b18-9+. The van der Waals surface area contributed by atoms with E-state index in [-0.39, 0.29) is 5.57 Å². The van der Waals surface area contributed by atoms with Crippen LogP contribution in [-0.2, 0) is 11.4 Å². The van der Waals surface area contributed by atoms with Gasteiger partial charge < -0.3 is 14.8 Å². The number of carbonyl (C=O) groups excluding carboxylic acids is 1. The monoisotopic (exact) mass is 544 g/mol. The van der Waals surface area contributed by atoms with Crippen LogP contribution in [0.5, 0.6) is 11.5 Å². The van der Waals surface area contributed by atoms with Gasteiger partial charge in [-0.25, -0.2) is 0 Å². The lowest BCUT2D eigenvalue weighted by Gasteiger charge is -2.14. The zero-order chi connectivity index (χ0) is 24.0. The molecule has 168 valence electrons. The first-order chi connectivity index (χ1) is 15.8. The van der Waals surface area contributed by atoms with Crippen LogP contribution in [0.2, 0.25) is 10.0 Å². The molecule has 0 saturated carbocycles. The second-order valence-electron chi connectivity index (χ2n) is 7.03. The van der Waals surface area contributed by atoms with Crippen LogP contribution in [0.25, 0.3) is 6.08 Å². The molecule has 3 rings (SSSR count). The molecular weight excluding hydrogens is 527 g/mol. The molecule has 3 aromatic carbocycles. The third-order valence-electron chi connectivity index (χ3n) is 4.67. The number of nitrogens with zero attached hydrogens (tertiary/aromatic N) is 1. The first-order valence-corrected chi connectivity index (χ1v) is 11.3. The van der Waals surface area contributed by atoms with Crippen LogP contribution < -0.4 is 14.8 Å². The minimum absolute atomic E-state index is 0.101. The van der Waals surface area contributed by atoms with Crippen LogP contribution in [0.15, 0.2) is 64.6 Å². The Hall–Kier alpha value is -2.98. The number of nitriles is 1. The molecule has 0 unspecified atom stereocenters. The SMILES string of the molecule is COc1cc(/C=C(\C#N)C(=O)Nc2cc(Cl)ccc2C)cc(Cl)c1OCc1ccc(Br)cc1. The fourth-order valence-electron chi connectivity index (χ4n) is 2.93. The summed E-state index contributed by atoms with van der Waals surface area (Å²) < 4.78 is 12.3. The number of rotatable bonds is 7. The largest absolute Gasteiger partial charge is 0.493 e. The number of anilines is 1. The Labute approximate surface area is 210 Å². The summed E-state index contributed by atoms with van der Waals surface area (Å²) >= 11 is 15.8. The Morgan fingerprint density at radius 1 is 1.15 bits per heavy atom. The van der Waals surface area contributed by atoms with Crippen LogP contribution >= 0.6 is 39.1 Å². The van der Waals surface area contributed by atoms with Gasteiger partial charge in [0.15, 0.2) is 11.5 Å². The minimum Gasteiger partial charge on any atom is -0.493 e. The zero-order valence-corrected chi connectivity index (χ0v) is 20.9. The van der Waals surface area contributed by atoms with Gasteiger partial charge in [0.2, 0.25) is 0 Å². The number of hydrogen-bond acceptors (Lipinski definition) is 4. The van der Waals surface area contributed by atoms with Crippen LogP contribution in [0, 0.1) is 18.3 Å². The lowest BCUT2D eigenvalue weighted by atomic mass is 10.1. The fourth-order valence-corrected chi connectivity index (χ4v) is 3.64. The highest BCUT2D eigenvalue weighted by Gasteiger charge is 2.15. The highest BCUT2D eigenvalue weighted by Crippen LogP contribution is 2.37. The van der Waals surface area contributed by atoms with Crippen LogP contribution in [0.4, 0.5) is 5.69 Å². The number of amides is 1. The van der Waals surface area contributed by atoms with Crippen molar-refractivity contribution >= 4 is 56.8 Å². The van der Waals surface area contributed by atoms with Crippen molar-refractivity contribution in [2.75, 3.05) is 12.4 Å². The van der Waals surface area contributed by atoms with Crippen molar-refractivity contribution in [3.8, 4) is 17.6 Å². The van der Waals surface area contributed by atoms with Gasteiger partial charge in [0.05, 0.1) is 12.1 Å². The van der Waals surface area contributed by atoms with Gasteiger partial charge in [-0.1, -0.05) is 57.3 Å². The molecule has 0 fully saturated rings. The molecule has 0 aliphatic carbocycles. The highest BCUT2D eigenvalue weighted by atomic mass is 79.9. The average Bonchev–Trinajstić information content (AvgIpc) is 2.79. The zero-order valence-electron chi connectivity index (χ0n) is 17.8. The Morgan fingerprint density at radius 2 is 1.88 bits per heavy atom. The Kier molecular flexibility index (Phi) is 8.40. The third kappa shape index (κ3) is 6.52. The van der Waals surface area contributed by atoms with E-state index in [4.69, 9.17) is 32.7 Å². The number of ether oxygens (including phenoxy) is 2. The predicted octanol–water partition coefficient (Wildman–Crippen LogP) is 7.20. The summed E-state index contributed by atoms with van der Waals surface area (Å²) in [5.41, 5.74) is 2.72. The topological polar surface area (TPSA) is 71.3 Å². The van der Waals surface area contributed by atoms with E-state index in [9.17, 15) is 10.1 Å². The van der Waals surface area contributed by atoms with Gasteiger partial charge in [0.25, 0.3) is 5.91 Å². The lowest BCUT2D eigenvalue weighted by molar-refractivity contribution is -0.112. The summed E-state index contributed by atoms with van der Waals surface area (Å²) in [5.74, 6) is 0.194. The maximum Gasteiger partial charge on any atom is 0.266 e. The van der Waals surface area contributed by atoms with E-state index in [2.05, 4.69) is 21.2 Å².